The lowest BCUT2D eigenvalue weighted by atomic mass is 10.1. The van der Waals surface area contributed by atoms with Crippen LogP contribution in [-0.4, -0.2) is 73.4 Å². The lowest BCUT2D eigenvalue weighted by Gasteiger charge is -2.36. The molecule has 0 aromatic heterocycles. The minimum absolute atomic E-state index is 0.0822. The molecule has 2 amide bonds. The standard InChI is InChI=1S/C27H33N3O6S/c1-2-34-17-18-35-22-12-10-21(11-13-22)25(32)29-27(37)30-15-14-28-26(33)23(30)19-24(31)36-16-6-9-20-7-4-3-5-8-20/h3-5,7-8,10-13,23H,2,6,9,14-19H2,1H3,(H,28,33)(H,29,32,37). The van der Waals surface area contributed by atoms with E-state index in [0.29, 0.717) is 50.6 Å². The van der Waals surface area contributed by atoms with E-state index in [-0.39, 0.29) is 24.0 Å². The number of esters is 1. The second kappa shape index (κ2) is 14.9. The second-order valence-corrected chi connectivity index (χ2v) is 8.73. The molecule has 1 unspecified atom stereocenters. The highest BCUT2D eigenvalue weighted by molar-refractivity contribution is 7.80. The number of amides is 2. The lowest BCUT2D eigenvalue weighted by Crippen LogP contribution is -2.60. The van der Waals surface area contributed by atoms with E-state index < -0.39 is 17.9 Å². The molecule has 0 spiro atoms. The molecule has 0 saturated carbocycles. The van der Waals surface area contributed by atoms with Crippen molar-refractivity contribution in [3.8, 4) is 5.75 Å². The molecule has 2 aromatic carbocycles. The van der Waals surface area contributed by atoms with Crippen LogP contribution in [0.15, 0.2) is 54.6 Å². The van der Waals surface area contributed by atoms with Crippen LogP contribution in [0, 0.1) is 0 Å². The summed E-state index contributed by atoms with van der Waals surface area (Å²) in [6.45, 7) is 4.41. The van der Waals surface area contributed by atoms with Crippen molar-refractivity contribution in [2.24, 2.45) is 0 Å². The average Bonchev–Trinajstić information content (AvgIpc) is 2.91. The van der Waals surface area contributed by atoms with Crippen molar-refractivity contribution in [1.82, 2.24) is 15.5 Å². The molecule has 3 rings (SSSR count). The van der Waals surface area contributed by atoms with Gasteiger partial charge in [-0.25, -0.2) is 0 Å². The first-order valence-corrected chi connectivity index (χ1v) is 12.8. The van der Waals surface area contributed by atoms with E-state index >= 15 is 0 Å². The van der Waals surface area contributed by atoms with Gasteiger partial charge in [0.15, 0.2) is 5.11 Å². The highest BCUT2D eigenvalue weighted by Crippen LogP contribution is 2.14. The van der Waals surface area contributed by atoms with Crippen molar-refractivity contribution < 1.29 is 28.6 Å². The Bertz CT molecular complexity index is 1050. The Morgan fingerprint density at radius 3 is 2.57 bits per heavy atom. The lowest BCUT2D eigenvalue weighted by molar-refractivity contribution is -0.147. The van der Waals surface area contributed by atoms with Crippen LogP contribution in [0.3, 0.4) is 0 Å². The molecule has 198 valence electrons. The van der Waals surface area contributed by atoms with Gasteiger partial charge in [0.1, 0.15) is 18.4 Å². The number of nitrogens with one attached hydrogen (secondary N) is 2. The Morgan fingerprint density at radius 1 is 1.08 bits per heavy atom. The Hall–Kier alpha value is -3.50. The van der Waals surface area contributed by atoms with Crippen LogP contribution in [-0.2, 0) is 25.5 Å². The van der Waals surface area contributed by atoms with E-state index in [0.717, 1.165) is 6.42 Å². The van der Waals surface area contributed by atoms with Crippen molar-refractivity contribution in [1.29, 1.82) is 0 Å². The summed E-state index contributed by atoms with van der Waals surface area (Å²) in [5, 5.41) is 5.49. The summed E-state index contributed by atoms with van der Waals surface area (Å²) in [6, 6.07) is 15.7. The molecule has 1 saturated heterocycles. The van der Waals surface area contributed by atoms with E-state index in [1.807, 2.05) is 37.3 Å². The second-order valence-electron chi connectivity index (χ2n) is 8.34. The number of hydrogen-bond acceptors (Lipinski definition) is 7. The smallest absolute Gasteiger partial charge is 0.308 e. The predicted molar refractivity (Wildman–Crippen MR) is 142 cm³/mol. The summed E-state index contributed by atoms with van der Waals surface area (Å²) >= 11 is 5.42. The van der Waals surface area contributed by atoms with Crippen molar-refractivity contribution in [2.75, 3.05) is 39.5 Å². The fourth-order valence-electron chi connectivity index (χ4n) is 3.79. The zero-order chi connectivity index (χ0) is 26.5. The Kier molecular flexibility index (Phi) is 11.3. The van der Waals surface area contributed by atoms with Gasteiger partial charge in [0, 0.05) is 25.3 Å². The summed E-state index contributed by atoms with van der Waals surface area (Å²) < 4.78 is 16.1. The Balaban J connectivity index is 1.48. The van der Waals surface area contributed by atoms with E-state index in [1.165, 1.54) is 5.56 Å². The molecule has 1 aliphatic rings. The van der Waals surface area contributed by atoms with Crippen LogP contribution in [0.1, 0.15) is 35.7 Å². The van der Waals surface area contributed by atoms with Crippen LogP contribution in [0.2, 0.25) is 0 Å². The normalized spacial score (nSPS) is 15.0. The van der Waals surface area contributed by atoms with E-state index in [9.17, 15) is 14.4 Å². The maximum atomic E-state index is 12.7. The highest BCUT2D eigenvalue weighted by Gasteiger charge is 2.34. The van der Waals surface area contributed by atoms with E-state index in [1.54, 1.807) is 29.2 Å². The van der Waals surface area contributed by atoms with Gasteiger partial charge in [0.05, 0.1) is 19.6 Å². The summed E-state index contributed by atoms with van der Waals surface area (Å²) in [4.78, 5) is 39.3. The number of carbonyl (C=O) groups is 3. The van der Waals surface area contributed by atoms with Gasteiger partial charge in [-0.05, 0) is 61.8 Å². The number of aryl methyl sites for hydroxylation is 1. The van der Waals surface area contributed by atoms with Gasteiger partial charge in [0.25, 0.3) is 5.91 Å². The maximum absolute atomic E-state index is 12.7. The molecule has 0 aliphatic carbocycles. The monoisotopic (exact) mass is 527 g/mol. The van der Waals surface area contributed by atoms with Crippen molar-refractivity contribution in [3.63, 3.8) is 0 Å². The minimum atomic E-state index is -0.857. The third-order valence-electron chi connectivity index (χ3n) is 5.70. The molecule has 2 N–H and O–H groups in total. The van der Waals surface area contributed by atoms with Crippen LogP contribution < -0.4 is 15.4 Å². The zero-order valence-corrected chi connectivity index (χ0v) is 21.8. The number of benzene rings is 2. The summed E-state index contributed by atoms with van der Waals surface area (Å²) in [5.41, 5.74) is 1.55. The van der Waals surface area contributed by atoms with Gasteiger partial charge in [0.2, 0.25) is 5.91 Å². The Morgan fingerprint density at radius 2 is 1.84 bits per heavy atom. The van der Waals surface area contributed by atoms with Crippen LogP contribution in [0.25, 0.3) is 0 Å². The molecule has 1 aliphatic heterocycles. The number of carbonyl (C=O) groups excluding carboxylic acids is 3. The number of thiocarbonyl (C=S) groups is 1. The molecular formula is C27H33N3O6S. The molecular weight excluding hydrogens is 494 g/mol. The first kappa shape index (κ1) is 28.1. The largest absolute Gasteiger partial charge is 0.491 e. The fraction of sp³-hybridized carbons (Fsp3) is 0.407. The van der Waals surface area contributed by atoms with Gasteiger partial charge in [-0.15, -0.1) is 0 Å². The Labute approximate surface area is 222 Å². The maximum Gasteiger partial charge on any atom is 0.308 e. The minimum Gasteiger partial charge on any atom is -0.491 e. The van der Waals surface area contributed by atoms with Crippen LogP contribution >= 0.6 is 12.2 Å². The van der Waals surface area contributed by atoms with Gasteiger partial charge in [-0.2, -0.15) is 0 Å². The highest BCUT2D eigenvalue weighted by atomic mass is 32.1. The fourth-order valence-corrected chi connectivity index (χ4v) is 4.10. The topological polar surface area (TPSA) is 106 Å². The van der Waals surface area contributed by atoms with Gasteiger partial charge < -0.3 is 24.4 Å². The number of nitrogens with zero attached hydrogens (tertiary/aromatic N) is 1. The van der Waals surface area contributed by atoms with Crippen molar-refractivity contribution in [2.45, 2.75) is 32.2 Å². The van der Waals surface area contributed by atoms with Gasteiger partial charge in [-0.3, -0.25) is 19.7 Å². The van der Waals surface area contributed by atoms with Gasteiger partial charge in [-0.1, -0.05) is 30.3 Å². The number of ether oxygens (including phenoxy) is 3. The first-order chi connectivity index (χ1) is 18.0. The number of rotatable bonds is 12. The molecule has 1 fully saturated rings. The molecule has 10 heteroatoms. The van der Waals surface area contributed by atoms with Crippen LogP contribution in [0.4, 0.5) is 0 Å². The molecule has 0 radical (unpaired) electrons. The molecule has 1 atom stereocenters. The summed E-state index contributed by atoms with van der Waals surface area (Å²) in [5.74, 6) is -0.625. The third kappa shape index (κ3) is 9.14. The van der Waals surface area contributed by atoms with E-state index in [4.69, 9.17) is 26.4 Å². The SMILES string of the molecule is CCOCCOc1ccc(C(=O)NC(=S)N2CCNC(=O)C2CC(=O)OCCCc2ccccc2)cc1. The van der Waals surface area contributed by atoms with Crippen molar-refractivity contribution in [3.05, 3.63) is 65.7 Å². The molecule has 2 aromatic rings. The predicted octanol–water partition coefficient (Wildman–Crippen LogP) is 2.48. The number of piperazine rings is 1. The van der Waals surface area contributed by atoms with Crippen molar-refractivity contribution >= 4 is 35.1 Å². The molecule has 9 nitrogen and oxygen atoms in total. The van der Waals surface area contributed by atoms with Crippen LogP contribution in [0.5, 0.6) is 5.75 Å². The molecule has 0 bridgehead atoms. The summed E-state index contributed by atoms with van der Waals surface area (Å²) in [7, 11) is 0. The quantitative estimate of drug-likeness (QED) is 0.246. The summed E-state index contributed by atoms with van der Waals surface area (Å²) in [6.07, 6.45) is 1.31. The number of hydrogen-bond donors (Lipinski definition) is 2. The zero-order valence-electron chi connectivity index (χ0n) is 20.9. The first-order valence-electron chi connectivity index (χ1n) is 12.4. The average molecular weight is 528 g/mol. The van der Waals surface area contributed by atoms with E-state index in [2.05, 4.69) is 10.6 Å². The van der Waals surface area contributed by atoms with Gasteiger partial charge >= 0.3 is 5.97 Å². The third-order valence-corrected chi connectivity index (χ3v) is 6.04. The molecule has 37 heavy (non-hydrogen) atoms. The molecule has 1 heterocycles.